The van der Waals surface area contributed by atoms with Crippen molar-refractivity contribution in [2.75, 3.05) is 42.5 Å². The molecule has 0 spiro atoms. The number of piperazine rings is 1. The van der Waals surface area contributed by atoms with E-state index in [0.29, 0.717) is 5.92 Å². The van der Waals surface area contributed by atoms with Gasteiger partial charge in [0.05, 0.1) is 4.70 Å². The largest absolute Gasteiger partial charge is 0.465 e. The van der Waals surface area contributed by atoms with Crippen molar-refractivity contribution in [3.63, 3.8) is 0 Å². The molecule has 2 heterocycles. The smallest absolute Gasteiger partial charge is 0.412 e. The lowest BCUT2D eigenvalue weighted by Gasteiger charge is -2.38. The van der Waals surface area contributed by atoms with Crippen molar-refractivity contribution in [3.05, 3.63) is 54.6 Å². The van der Waals surface area contributed by atoms with Crippen molar-refractivity contribution in [2.24, 2.45) is 5.92 Å². The third-order valence-corrected chi connectivity index (χ3v) is 8.12. The zero-order valence-electron chi connectivity index (χ0n) is 19.0. The van der Waals surface area contributed by atoms with E-state index < -0.39 is 6.09 Å². The summed E-state index contributed by atoms with van der Waals surface area (Å²) in [5.41, 5.74) is 0.791. The molecule has 0 bridgehead atoms. The van der Waals surface area contributed by atoms with Gasteiger partial charge in [0.25, 0.3) is 0 Å². The van der Waals surface area contributed by atoms with Gasteiger partial charge in [-0.2, -0.15) is 4.37 Å². The lowest BCUT2D eigenvalue weighted by molar-refractivity contribution is 0.189. The van der Waals surface area contributed by atoms with Crippen LogP contribution in [0.4, 0.5) is 16.3 Å². The predicted molar refractivity (Wildman–Crippen MR) is 136 cm³/mol. The molecule has 2 aromatic carbocycles. The molecule has 0 atom stereocenters. The van der Waals surface area contributed by atoms with Crippen molar-refractivity contribution in [3.8, 4) is 0 Å². The van der Waals surface area contributed by atoms with E-state index in [1.807, 2.05) is 30.3 Å². The van der Waals surface area contributed by atoms with Crippen LogP contribution in [0.5, 0.6) is 0 Å². The number of nitrogens with zero attached hydrogens (tertiary/aromatic N) is 4. The number of fused-ring (bicyclic) bond motifs is 1. The molecule has 1 aliphatic heterocycles. The Bertz CT molecular complexity index is 1060. The van der Waals surface area contributed by atoms with Crippen LogP contribution in [-0.4, -0.2) is 59.2 Å². The Labute approximate surface area is 199 Å². The molecule has 5 rings (SSSR count). The molecule has 174 valence electrons. The fourth-order valence-corrected chi connectivity index (χ4v) is 6.20. The van der Waals surface area contributed by atoms with E-state index in [9.17, 15) is 9.90 Å². The highest BCUT2D eigenvalue weighted by Gasteiger charge is 2.30. The van der Waals surface area contributed by atoms with Crippen LogP contribution in [0.1, 0.15) is 32.1 Å². The van der Waals surface area contributed by atoms with Gasteiger partial charge in [-0.25, -0.2) is 4.79 Å². The molecule has 2 aliphatic rings. The first-order chi connectivity index (χ1) is 16.2. The van der Waals surface area contributed by atoms with Gasteiger partial charge in [0.2, 0.25) is 0 Å². The predicted octanol–water partition coefficient (Wildman–Crippen LogP) is 5.55. The average molecular weight is 465 g/mol. The Hall–Kier alpha value is -2.64. The molecular formula is C26H32N4O2S. The lowest BCUT2D eigenvalue weighted by atomic mass is 9.83. The molecule has 0 radical (unpaired) electrons. The highest BCUT2D eigenvalue weighted by molar-refractivity contribution is 7.13. The van der Waals surface area contributed by atoms with Gasteiger partial charge in [-0.3, -0.25) is 9.80 Å². The summed E-state index contributed by atoms with van der Waals surface area (Å²) < 4.78 is 5.99. The number of hydrogen-bond acceptors (Lipinski definition) is 5. The maximum Gasteiger partial charge on any atom is 0.412 e. The minimum Gasteiger partial charge on any atom is -0.465 e. The number of carbonyl (C=O) groups is 1. The van der Waals surface area contributed by atoms with Gasteiger partial charge in [-0.05, 0) is 80.4 Å². The topological polar surface area (TPSA) is 59.9 Å². The van der Waals surface area contributed by atoms with Gasteiger partial charge in [-0.15, -0.1) is 0 Å². The average Bonchev–Trinajstić information content (AvgIpc) is 3.29. The van der Waals surface area contributed by atoms with Crippen LogP contribution in [0, 0.1) is 5.92 Å². The summed E-state index contributed by atoms with van der Waals surface area (Å²) in [6, 6.07) is 18.1. The molecule has 1 saturated carbocycles. The molecule has 1 aromatic heterocycles. The number of rotatable bonds is 6. The molecule has 3 aromatic rings. The number of benzene rings is 2. The van der Waals surface area contributed by atoms with Gasteiger partial charge in [0.1, 0.15) is 5.82 Å². The fourth-order valence-electron chi connectivity index (χ4n) is 5.41. The van der Waals surface area contributed by atoms with Crippen LogP contribution in [-0.2, 0) is 0 Å². The summed E-state index contributed by atoms with van der Waals surface area (Å²) in [5.74, 6) is 1.85. The molecule has 1 amide bonds. The molecule has 2 fully saturated rings. The van der Waals surface area contributed by atoms with E-state index in [4.69, 9.17) is 4.37 Å². The van der Waals surface area contributed by atoms with E-state index in [1.54, 1.807) is 16.4 Å². The van der Waals surface area contributed by atoms with E-state index in [2.05, 4.69) is 34.1 Å². The minimum absolute atomic E-state index is 0.0950. The highest BCUT2D eigenvalue weighted by Crippen LogP contribution is 2.33. The van der Waals surface area contributed by atoms with Gasteiger partial charge < -0.3 is 10.0 Å². The SMILES string of the molecule is O=C(O)N(c1ccccc1)[C@H]1CC[C@H](CCN2CCN(c3nsc4ccccc34)CC2)CC1. The summed E-state index contributed by atoms with van der Waals surface area (Å²) in [6.45, 7) is 5.38. The second-order valence-electron chi connectivity index (χ2n) is 9.28. The molecule has 6 nitrogen and oxygen atoms in total. The lowest BCUT2D eigenvalue weighted by Crippen LogP contribution is -2.47. The Morgan fingerprint density at radius 2 is 1.67 bits per heavy atom. The van der Waals surface area contributed by atoms with Crippen LogP contribution < -0.4 is 9.80 Å². The van der Waals surface area contributed by atoms with Gasteiger partial charge >= 0.3 is 6.09 Å². The number of amides is 1. The van der Waals surface area contributed by atoms with Crippen LogP contribution in [0.3, 0.4) is 0 Å². The van der Waals surface area contributed by atoms with E-state index in [-0.39, 0.29) is 6.04 Å². The van der Waals surface area contributed by atoms with E-state index >= 15 is 0 Å². The summed E-state index contributed by atoms with van der Waals surface area (Å²) >= 11 is 1.59. The van der Waals surface area contributed by atoms with Crippen LogP contribution in [0.15, 0.2) is 54.6 Å². The summed E-state index contributed by atoms with van der Waals surface area (Å²) in [7, 11) is 0. The van der Waals surface area contributed by atoms with Gasteiger partial charge in [0.15, 0.2) is 0 Å². The number of carboxylic acid groups (broad SMARTS) is 1. The molecule has 1 N–H and O–H groups in total. The van der Waals surface area contributed by atoms with Crippen molar-refractivity contribution >= 4 is 39.2 Å². The number of para-hydroxylation sites is 1. The second kappa shape index (κ2) is 10.1. The first-order valence-corrected chi connectivity index (χ1v) is 12.9. The van der Waals surface area contributed by atoms with Crippen molar-refractivity contribution in [1.82, 2.24) is 9.27 Å². The van der Waals surface area contributed by atoms with Crippen molar-refractivity contribution < 1.29 is 9.90 Å². The maximum absolute atomic E-state index is 11.9. The molecule has 0 unspecified atom stereocenters. The molecule has 33 heavy (non-hydrogen) atoms. The quantitative estimate of drug-likeness (QED) is 0.518. The van der Waals surface area contributed by atoms with Crippen LogP contribution in [0.25, 0.3) is 10.1 Å². The molecule has 1 saturated heterocycles. The van der Waals surface area contributed by atoms with Crippen molar-refractivity contribution in [2.45, 2.75) is 38.1 Å². The summed E-state index contributed by atoms with van der Waals surface area (Å²) in [6.07, 6.45) is 4.52. The van der Waals surface area contributed by atoms with Crippen molar-refractivity contribution in [1.29, 1.82) is 0 Å². The third kappa shape index (κ3) is 4.99. The zero-order chi connectivity index (χ0) is 22.6. The Morgan fingerprint density at radius 3 is 2.39 bits per heavy atom. The zero-order valence-corrected chi connectivity index (χ0v) is 19.8. The highest BCUT2D eigenvalue weighted by atomic mass is 32.1. The standard InChI is InChI=1S/C26H32N4O2S/c31-26(32)30(21-6-2-1-3-7-21)22-12-10-20(11-13-22)14-15-28-16-18-29(19-17-28)25-23-8-4-5-9-24(23)33-27-25/h1-9,20,22H,10-19H2,(H,31,32)/t20-,22-. The van der Waals surface area contributed by atoms with E-state index in [0.717, 1.165) is 69.9 Å². The van der Waals surface area contributed by atoms with Crippen LogP contribution in [0.2, 0.25) is 0 Å². The minimum atomic E-state index is -0.838. The van der Waals surface area contributed by atoms with Gasteiger partial charge in [0, 0.05) is 43.3 Å². The third-order valence-electron chi connectivity index (χ3n) is 7.31. The van der Waals surface area contributed by atoms with Crippen LogP contribution >= 0.6 is 11.5 Å². The Morgan fingerprint density at radius 1 is 0.970 bits per heavy atom. The van der Waals surface area contributed by atoms with E-state index in [1.165, 1.54) is 16.5 Å². The molecular weight excluding hydrogens is 432 g/mol. The second-order valence-corrected chi connectivity index (χ2v) is 10.1. The normalized spacial score (nSPS) is 21.9. The summed E-state index contributed by atoms with van der Waals surface area (Å²) in [5, 5.41) is 11.1. The van der Waals surface area contributed by atoms with Gasteiger partial charge in [-0.1, -0.05) is 30.3 Å². The Kier molecular flexibility index (Phi) is 6.78. The molecule has 7 heteroatoms. The summed E-state index contributed by atoms with van der Waals surface area (Å²) in [4.78, 5) is 18.5. The first kappa shape index (κ1) is 22.2. The Balaban J connectivity index is 1.08. The fraction of sp³-hybridized carbons (Fsp3) is 0.462. The maximum atomic E-state index is 11.9. The number of anilines is 2. The number of hydrogen-bond donors (Lipinski definition) is 1. The molecule has 1 aliphatic carbocycles. The first-order valence-electron chi connectivity index (χ1n) is 12.1. The monoisotopic (exact) mass is 464 g/mol. The number of aromatic nitrogens is 1.